The summed E-state index contributed by atoms with van der Waals surface area (Å²) in [5.41, 5.74) is -0.282. The Morgan fingerprint density at radius 1 is 1.19 bits per heavy atom. The molecule has 0 N–H and O–H groups in total. The second kappa shape index (κ2) is 9.51. The molecule has 0 spiro atoms. The third-order valence-corrected chi connectivity index (χ3v) is 4.92. The summed E-state index contributed by atoms with van der Waals surface area (Å²) in [5.74, 6) is -2.54. The molecule has 166 valence electrons. The van der Waals surface area contributed by atoms with Crippen LogP contribution in [-0.4, -0.2) is 25.3 Å². The quantitative estimate of drug-likeness (QED) is 0.325. The summed E-state index contributed by atoms with van der Waals surface area (Å²) in [7, 11) is 0. The van der Waals surface area contributed by atoms with E-state index in [4.69, 9.17) is 14.2 Å². The van der Waals surface area contributed by atoms with E-state index in [0.29, 0.717) is 12.0 Å². The van der Waals surface area contributed by atoms with Crippen molar-refractivity contribution in [2.24, 2.45) is 0 Å². The van der Waals surface area contributed by atoms with E-state index in [1.807, 2.05) is 6.92 Å². The highest BCUT2D eigenvalue weighted by Gasteiger charge is 2.40. The van der Waals surface area contributed by atoms with Gasteiger partial charge >= 0.3 is 12.1 Å². The average molecular weight is 438 g/mol. The summed E-state index contributed by atoms with van der Waals surface area (Å²) < 4.78 is 71.0. The van der Waals surface area contributed by atoms with Gasteiger partial charge in [0, 0.05) is 5.56 Å². The first-order valence-corrected chi connectivity index (χ1v) is 9.73. The van der Waals surface area contributed by atoms with E-state index in [9.17, 15) is 22.4 Å². The Labute approximate surface area is 177 Å². The van der Waals surface area contributed by atoms with Crippen LogP contribution in [0.2, 0.25) is 0 Å². The predicted octanol–water partition coefficient (Wildman–Crippen LogP) is 5.79. The first kappa shape index (κ1) is 22.8. The highest BCUT2D eigenvalue weighted by Crippen LogP contribution is 2.42. The minimum atomic E-state index is -4.93. The fourth-order valence-electron chi connectivity index (χ4n) is 3.33. The number of esters is 1. The van der Waals surface area contributed by atoms with Crippen LogP contribution in [0.1, 0.15) is 46.0 Å². The van der Waals surface area contributed by atoms with Crippen molar-refractivity contribution < 1.29 is 36.6 Å². The van der Waals surface area contributed by atoms with E-state index in [-0.39, 0.29) is 25.2 Å². The lowest BCUT2D eigenvalue weighted by atomic mass is 9.97. The zero-order valence-electron chi connectivity index (χ0n) is 16.9. The molecule has 0 bridgehead atoms. The number of hydrogen-bond acceptors (Lipinski definition) is 4. The van der Waals surface area contributed by atoms with Crippen molar-refractivity contribution in [3.63, 3.8) is 0 Å². The molecule has 0 aromatic heterocycles. The number of hydrogen-bond donors (Lipinski definition) is 0. The summed E-state index contributed by atoms with van der Waals surface area (Å²) >= 11 is 0. The number of alkyl halides is 3. The van der Waals surface area contributed by atoms with Crippen LogP contribution in [0.25, 0.3) is 0 Å². The Morgan fingerprint density at radius 2 is 1.90 bits per heavy atom. The highest BCUT2D eigenvalue weighted by atomic mass is 19.4. The molecule has 3 rings (SSSR count). The van der Waals surface area contributed by atoms with Crippen LogP contribution in [0.15, 0.2) is 49.1 Å². The van der Waals surface area contributed by atoms with Gasteiger partial charge in [0.2, 0.25) is 0 Å². The molecule has 1 fully saturated rings. The molecule has 0 amide bonds. The van der Waals surface area contributed by atoms with Gasteiger partial charge in [-0.15, -0.1) is 0 Å². The van der Waals surface area contributed by atoms with Crippen LogP contribution < -0.4 is 4.74 Å². The minimum absolute atomic E-state index is 0.0439. The molecule has 31 heavy (non-hydrogen) atoms. The molecule has 2 aromatic rings. The summed E-state index contributed by atoms with van der Waals surface area (Å²) in [6.07, 6.45) is -4.58. The van der Waals surface area contributed by atoms with Crippen LogP contribution in [0.3, 0.4) is 0 Å². The third kappa shape index (κ3) is 5.44. The number of benzene rings is 2. The lowest BCUT2D eigenvalue weighted by Crippen LogP contribution is -2.30. The number of carbonyl (C=O) groups excluding carboxylic acids is 1. The molecule has 0 saturated carbocycles. The molecule has 0 aliphatic carbocycles. The summed E-state index contributed by atoms with van der Waals surface area (Å²) in [6, 6.07) is 9.17. The Balaban J connectivity index is 1.69. The molecule has 8 heteroatoms. The molecule has 1 saturated heterocycles. The van der Waals surface area contributed by atoms with Crippen molar-refractivity contribution in [2.75, 3.05) is 13.2 Å². The van der Waals surface area contributed by atoms with Gasteiger partial charge in [-0.25, -0.2) is 9.18 Å². The van der Waals surface area contributed by atoms with Crippen LogP contribution in [0.4, 0.5) is 17.6 Å². The highest BCUT2D eigenvalue weighted by molar-refractivity contribution is 5.89. The monoisotopic (exact) mass is 438 g/mol. The van der Waals surface area contributed by atoms with Crippen LogP contribution in [-0.2, 0) is 15.7 Å². The maximum Gasteiger partial charge on any atom is 0.422 e. The normalized spacial score (nSPS) is 19.0. The lowest BCUT2D eigenvalue weighted by molar-refractivity contribution is -0.141. The third-order valence-electron chi connectivity index (χ3n) is 4.92. The van der Waals surface area contributed by atoms with Crippen molar-refractivity contribution in [1.82, 2.24) is 0 Å². The minimum Gasteiger partial charge on any atom is -0.489 e. The number of carbonyl (C=O) groups is 1. The van der Waals surface area contributed by atoms with Gasteiger partial charge in [0.15, 0.2) is 0 Å². The van der Waals surface area contributed by atoms with E-state index in [2.05, 4.69) is 6.58 Å². The maximum absolute atomic E-state index is 14.8. The van der Waals surface area contributed by atoms with E-state index in [1.54, 1.807) is 24.3 Å². The van der Waals surface area contributed by atoms with E-state index < -0.39 is 41.5 Å². The Bertz CT molecular complexity index is 930. The SMILES string of the molecule is C=CCOc1ccc(C2CCC(OC(=O)c3ccc(C)cc3)CO2)c(F)c1C(F)(F)F. The standard InChI is InChI=1S/C23H22F4O4/c1-3-12-29-19-11-9-17(21(24)20(19)23(25,26)27)18-10-8-16(13-30-18)31-22(28)15-6-4-14(2)5-7-15/h3-7,9,11,16,18H,1,8,10,12-13H2,2H3. The molecule has 4 nitrogen and oxygen atoms in total. The van der Waals surface area contributed by atoms with Gasteiger partial charge in [0.1, 0.15) is 29.8 Å². The van der Waals surface area contributed by atoms with E-state index in [1.165, 1.54) is 12.1 Å². The summed E-state index contributed by atoms with van der Waals surface area (Å²) in [5, 5.41) is 0. The Morgan fingerprint density at radius 3 is 2.48 bits per heavy atom. The Kier molecular flexibility index (Phi) is 7.00. The molecule has 2 aromatic carbocycles. The van der Waals surface area contributed by atoms with E-state index >= 15 is 0 Å². The molecule has 2 unspecified atom stereocenters. The Hall–Kier alpha value is -2.87. The first-order chi connectivity index (χ1) is 14.7. The molecular formula is C23H22F4O4. The molecule has 1 aliphatic heterocycles. The molecular weight excluding hydrogens is 416 g/mol. The van der Waals surface area contributed by atoms with Crippen molar-refractivity contribution >= 4 is 5.97 Å². The van der Waals surface area contributed by atoms with Crippen molar-refractivity contribution in [3.8, 4) is 5.75 Å². The smallest absolute Gasteiger partial charge is 0.422 e. The number of aryl methyl sites for hydroxylation is 1. The van der Waals surface area contributed by atoms with Gasteiger partial charge in [-0.1, -0.05) is 30.4 Å². The maximum atomic E-state index is 14.8. The van der Waals surface area contributed by atoms with Crippen LogP contribution in [0, 0.1) is 12.7 Å². The molecule has 0 radical (unpaired) electrons. The summed E-state index contributed by atoms with van der Waals surface area (Å²) in [4.78, 5) is 12.2. The van der Waals surface area contributed by atoms with Crippen LogP contribution >= 0.6 is 0 Å². The molecule has 1 heterocycles. The fourth-order valence-corrected chi connectivity index (χ4v) is 3.33. The van der Waals surface area contributed by atoms with Gasteiger partial charge in [-0.2, -0.15) is 13.2 Å². The molecule has 1 aliphatic rings. The predicted molar refractivity (Wildman–Crippen MR) is 105 cm³/mol. The first-order valence-electron chi connectivity index (χ1n) is 9.73. The molecule has 2 atom stereocenters. The largest absolute Gasteiger partial charge is 0.489 e. The van der Waals surface area contributed by atoms with Crippen LogP contribution in [0.5, 0.6) is 5.75 Å². The van der Waals surface area contributed by atoms with Gasteiger partial charge in [0.25, 0.3) is 0 Å². The second-order valence-electron chi connectivity index (χ2n) is 7.23. The topological polar surface area (TPSA) is 44.8 Å². The number of halogens is 4. The van der Waals surface area contributed by atoms with E-state index in [0.717, 1.165) is 11.6 Å². The lowest BCUT2D eigenvalue weighted by Gasteiger charge is -2.30. The van der Waals surface area contributed by atoms with Crippen molar-refractivity contribution in [1.29, 1.82) is 0 Å². The number of rotatable bonds is 6. The van der Waals surface area contributed by atoms with Gasteiger partial charge in [-0.3, -0.25) is 0 Å². The van der Waals surface area contributed by atoms with Crippen molar-refractivity contribution in [2.45, 2.75) is 38.1 Å². The van der Waals surface area contributed by atoms with Gasteiger partial charge in [0.05, 0.1) is 18.3 Å². The van der Waals surface area contributed by atoms with Gasteiger partial charge < -0.3 is 14.2 Å². The summed E-state index contributed by atoms with van der Waals surface area (Å²) in [6.45, 7) is 5.04. The zero-order valence-corrected chi connectivity index (χ0v) is 16.9. The van der Waals surface area contributed by atoms with Crippen molar-refractivity contribution in [3.05, 3.63) is 77.1 Å². The number of ether oxygens (including phenoxy) is 3. The average Bonchev–Trinajstić information content (AvgIpc) is 2.72. The van der Waals surface area contributed by atoms with Gasteiger partial charge in [-0.05, 0) is 44.0 Å². The fraction of sp³-hybridized carbons (Fsp3) is 0.348. The second-order valence-corrected chi connectivity index (χ2v) is 7.23. The zero-order chi connectivity index (χ0) is 22.6.